The van der Waals surface area contributed by atoms with Crippen LogP contribution < -0.4 is 21.7 Å². The number of amides is 4. The van der Waals surface area contributed by atoms with E-state index in [1.807, 2.05) is 6.07 Å². The number of aliphatic hydroxyl groups is 1. The van der Waals surface area contributed by atoms with Crippen molar-refractivity contribution in [3.05, 3.63) is 35.9 Å². The number of likely N-dealkylation sites (tertiary alicyclic amines) is 1. The van der Waals surface area contributed by atoms with Crippen molar-refractivity contribution in [2.45, 2.75) is 95.2 Å². The monoisotopic (exact) mass is 559 g/mol. The molecule has 2 aliphatic heterocycles. The normalized spacial score (nSPS) is 21.2. The van der Waals surface area contributed by atoms with Crippen LogP contribution in [0.5, 0.6) is 0 Å². The number of nitrogens with one attached hydrogen (secondary N) is 3. The van der Waals surface area contributed by atoms with Gasteiger partial charge in [-0.1, -0.05) is 30.3 Å². The van der Waals surface area contributed by atoms with Crippen molar-refractivity contribution in [3.63, 3.8) is 0 Å². The lowest BCUT2D eigenvalue weighted by Gasteiger charge is -2.32. The molecule has 2 saturated heterocycles. The van der Waals surface area contributed by atoms with Crippen molar-refractivity contribution in [2.75, 3.05) is 13.1 Å². The topological polar surface area (TPSA) is 180 Å². The minimum Gasteiger partial charge on any atom is -0.458 e. The van der Waals surface area contributed by atoms with Gasteiger partial charge in [0.25, 0.3) is 5.91 Å². The molecule has 1 aromatic rings. The van der Waals surface area contributed by atoms with E-state index in [0.717, 1.165) is 12.0 Å². The second kappa shape index (κ2) is 13.7. The molecule has 6 N–H and O–H groups in total. The van der Waals surface area contributed by atoms with Gasteiger partial charge in [-0.2, -0.15) is 0 Å². The molecule has 1 unspecified atom stereocenters. The van der Waals surface area contributed by atoms with Crippen LogP contribution in [-0.4, -0.2) is 88.6 Å². The molecule has 0 saturated carbocycles. The van der Waals surface area contributed by atoms with Crippen LogP contribution in [-0.2, 0) is 35.1 Å². The summed E-state index contributed by atoms with van der Waals surface area (Å²) in [5, 5.41) is 19.5. The van der Waals surface area contributed by atoms with Gasteiger partial charge in [-0.15, -0.1) is 0 Å². The van der Waals surface area contributed by atoms with Gasteiger partial charge in [0.1, 0.15) is 17.7 Å². The SMILES string of the molecule is CC(C)(C)OC(=O)[C@@H]1CCCN1C(=O)C(O)[C@H](Cc1ccccc1)NC(=O)[C@H](CC(N)=O)NC(=O)[C@@H]1CCCN1. The number of aliphatic hydroxyl groups excluding tert-OH is 1. The van der Waals surface area contributed by atoms with Crippen LogP contribution in [0.3, 0.4) is 0 Å². The number of carbonyl (C=O) groups is 5. The largest absolute Gasteiger partial charge is 0.458 e. The van der Waals surface area contributed by atoms with Crippen LogP contribution in [0.15, 0.2) is 30.3 Å². The van der Waals surface area contributed by atoms with Gasteiger partial charge >= 0.3 is 5.97 Å². The summed E-state index contributed by atoms with van der Waals surface area (Å²) in [5.74, 6) is -3.28. The maximum absolute atomic E-state index is 13.5. The Hall–Kier alpha value is -3.51. The first-order chi connectivity index (χ1) is 18.9. The molecule has 0 spiro atoms. The van der Waals surface area contributed by atoms with Crippen LogP contribution in [0, 0.1) is 0 Å². The van der Waals surface area contributed by atoms with Crippen molar-refractivity contribution >= 4 is 29.6 Å². The quantitative estimate of drug-likeness (QED) is 0.225. The smallest absolute Gasteiger partial charge is 0.329 e. The van der Waals surface area contributed by atoms with Crippen LogP contribution >= 0.6 is 0 Å². The summed E-state index contributed by atoms with van der Waals surface area (Å²) in [6, 6.07) is 5.18. The lowest BCUT2D eigenvalue weighted by atomic mass is 9.99. The molecule has 0 bridgehead atoms. The van der Waals surface area contributed by atoms with Gasteiger partial charge in [0.05, 0.1) is 18.5 Å². The molecule has 2 heterocycles. The molecule has 40 heavy (non-hydrogen) atoms. The predicted molar refractivity (Wildman–Crippen MR) is 145 cm³/mol. The highest BCUT2D eigenvalue weighted by Gasteiger charge is 2.42. The molecule has 0 aromatic heterocycles. The highest BCUT2D eigenvalue weighted by molar-refractivity contribution is 5.94. The minimum absolute atomic E-state index is 0.0752. The third-order valence-corrected chi connectivity index (χ3v) is 6.89. The van der Waals surface area contributed by atoms with E-state index in [-0.39, 0.29) is 13.0 Å². The molecule has 220 valence electrons. The predicted octanol–water partition coefficient (Wildman–Crippen LogP) is -0.480. The van der Waals surface area contributed by atoms with E-state index in [0.29, 0.717) is 25.8 Å². The summed E-state index contributed by atoms with van der Waals surface area (Å²) >= 11 is 0. The summed E-state index contributed by atoms with van der Waals surface area (Å²) < 4.78 is 5.48. The molecular formula is C28H41N5O7. The fourth-order valence-corrected chi connectivity index (χ4v) is 4.97. The molecule has 4 amide bonds. The average Bonchev–Trinajstić information content (AvgIpc) is 3.59. The zero-order valence-corrected chi connectivity index (χ0v) is 23.4. The first-order valence-electron chi connectivity index (χ1n) is 13.7. The maximum Gasteiger partial charge on any atom is 0.329 e. The first kappa shape index (κ1) is 31.0. The van der Waals surface area contributed by atoms with E-state index in [9.17, 15) is 29.1 Å². The number of hydrogen-bond donors (Lipinski definition) is 5. The van der Waals surface area contributed by atoms with E-state index in [4.69, 9.17) is 10.5 Å². The van der Waals surface area contributed by atoms with Gasteiger partial charge < -0.3 is 36.4 Å². The fraction of sp³-hybridized carbons (Fsp3) is 0.607. The Kier molecular flexibility index (Phi) is 10.6. The van der Waals surface area contributed by atoms with E-state index in [1.165, 1.54) is 4.90 Å². The van der Waals surface area contributed by atoms with E-state index >= 15 is 0 Å². The molecule has 2 fully saturated rings. The molecule has 0 aliphatic carbocycles. The highest BCUT2D eigenvalue weighted by Crippen LogP contribution is 2.23. The number of benzene rings is 1. The number of nitrogens with zero attached hydrogens (tertiary/aromatic N) is 1. The summed E-state index contributed by atoms with van der Waals surface area (Å²) in [4.78, 5) is 65.3. The highest BCUT2D eigenvalue weighted by atomic mass is 16.6. The Bertz CT molecular complexity index is 1070. The van der Waals surface area contributed by atoms with Crippen molar-refractivity contribution in [2.24, 2.45) is 5.73 Å². The van der Waals surface area contributed by atoms with E-state index in [1.54, 1.807) is 45.0 Å². The zero-order chi connectivity index (χ0) is 29.4. The van der Waals surface area contributed by atoms with Gasteiger partial charge in [-0.3, -0.25) is 19.2 Å². The average molecular weight is 560 g/mol. The molecule has 5 atom stereocenters. The Morgan fingerprint density at radius 3 is 2.40 bits per heavy atom. The van der Waals surface area contributed by atoms with Crippen LogP contribution in [0.25, 0.3) is 0 Å². The van der Waals surface area contributed by atoms with Gasteiger partial charge in [0.2, 0.25) is 17.7 Å². The maximum atomic E-state index is 13.5. The Morgan fingerprint density at radius 1 is 1.10 bits per heavy atom. The molecule has 12 heteroatoms. The Morgan fingerprint density at radius 2 is 1.80 bits per heavy atom. The zero-order valence-electron chi connectivity index (χ0n) is 23.4. The van der Waals surface area contributed by atoms with Gasteiger partial charge in [0, 0.05) is 6.54 Å². The molecular weight excluding hydrogens is 518 g/mol. The molecule has 2 aliphatic rings. The number of carbonyl (C=O) groups excluding carboxylic acids is 5. The van der Waals surface area contributed by atoms with Crippen molar-refractivity contribution in [1.82, 2.24) is 20.9 Å². The van der Waals surface area contributed by atoms with Gasteiger partial charge in [0.15, 0.2) is 6.10 Å². The number of esters is 1. The summed E-state index contributed by atoms with van der Waals surface area (Å²) in [7, 11) is 0. The van der Waals surface area contributed by atoms with E-state index in [2.05, 4.69) is 16.0 Å². The van der Waals surface area contributed by atoms with Gasteiger partial charge in [-0.05, 0) is 65.0 Å². The number of primary amides is 1. The third kappa shape index (κ3) is 8.75. The number of ether oxygens (including phenoxy) is 1. The first-order valence-corrected chi connectivity index (χ1v) is 13.7. The van der Waals surface area contributed by atoms with Crippen molar-refractivity contribution < 1.29 is 33.8 Å². The summed E-state index contributed by atoms with van der Waals surface area (Å²) in [5.41, 5.74) is 5.34. The second-order valence-corrected chi connectivity index (χ2v) is 11.4. The lowest BCUT2D eigenvalue weighted by Crippen LogP contribution is -2.59. The molecule has 12 nitrogen and oxygen atoms in total. The number of hydrogen-bond acceptors (Lipinski definition) is 8. The van der Waals surface area contributed by atoms with Crippen LogP contribution in [0.4, 0.5) is 0 Å². The Balaban J connectivity index is 1.79. The summed E-state index contributed by atoms with van der Waals surface area (Å²) in [6.45, 7) is 6.11. The van der Waals surface area contributed by atoms with Crippen molar-refractivity contribution in [1.29, 1.82) is 0 Å². The van der Waals surface area contributed by atoms with Crippen LogP contribution in [0.2, 0.25) is 0 Å². The summed E-state index contributed by atoms with van der Waals surface area (Å²) in [6.07, 6.45) is 0.248. The Labute approximate surface area is 234 Å². The number of nitrogens with two attached hydrogens (primary N) is 1. The fourth-order valence-electron chi connectivity index (χ4n) is 4.97. The van der Waals surface area contributed by atoms with Crippen LogP contribution in [0.1, 0.15) is 58.4 Å². The molecule has 0 radical (unpaired) electrons. The minimum atomic E-state index is -1.71. The van der Waals surface area contributed by atoms with Gasteiger partial charge in [-0.25, -0.2) is 4.79 Å². The molecule has 1 aromatic carbocycles. The second-order valence-electron chi connectivity index (χ2n) is 11.4. The lowest BCUT2D eigenvalue weighted by molar-refractivity contribution is -0.165. The van der Waals surface area contributed by atoms with E-state index < -0.39 is 71.9 Å². The van der Waals surface area contributed by atoms with Crippen molar-refractivity contribution in [3.8, 4) is 0 Å². The number of rotatable bonds is 11. The molecule has 3 rings (SSSR count). The third-order valence-electron chi connectivity index (χ3n) is 6.89. The standard InChI is InChI=1S/C28H41N5O7/c1-28(2,3)40-27(39)21-12-8-14-33(21)26(38)23(35)19(15-17-9-5-4-6-10-17)31-25(37)20(16-22(29)34)32-24(36)18-11-7-13-30-18/h4-6,9-10,18-21,23,30,35H,7-8,11-16H2,1-3H3,(H2,29,34)(H,31,37)(H,32,36)/t18-,19-,20-,21-,23?/m0/s1.